The average molecular weight is 346 g/mol. The van der Waals surface area contributed by atoms with Crippen molar-refractivity contribution in [2.24, 2.45) is 4.99 Å². The summed E-state index contributed by atoms with van der Waals surface area (Å²) in [5.74, 6) is -0.119. The van der Waals surface area contributed by atoms with Crippen LogP contribution in [0.5, 0.6) is 0 Å². The van der Waals surface area contributed by atoms with E-state index in [1.54, 1.807) is 6.08 Å². The number of benzene rings is 1. The minimum absolute atomic E-state index is 0.119. The van der Waals surface area contributed by atoms with Crippen LogP contribution >= 0.6 is 11.6 Å². The average Bonchev–Trinajstić information content (AvgIpc) is 2.55. The van der Waals surface area contributed by atoms with E-state index in [4.69, 9.17) is 22.3 Å². The number of nitrogen functional groups attached to an aromatic ring is 1. The third-order valence-corrected chi connectivity index (χ3v) is 4.32. The Labute approximate surface area is 148 Å². The zero-order valence-corrected chi connectivity index (χ0v) is 15.2. The SMILES string of the molecule is CCCc1cc(N=C2C=CC(=O)C=C2Cl)c(N(CC)CC)cc1N. The third kappa shape index (κ3) is 4.06. The Balaban J connectivity index is 2.57. The number of carbonyl (C=O) groups is 1. The Morgan fingerprint density at radius 3 is 2.46 bits per heavy atom. The van der Waals surface area contributed by atoms with E-state index in [0.717, 1.165) is 48.6 Å². The molecule has 0 aliphatic heterocycles. The van der Waals surface area contributed by atoms with E-state index < -0.39 is 0 Å². The molecule has 5 heteroatoms. The van der Waals surface area contributed by atoms with Gasteiger partial charge < -0.3 is 10.6 Å². The van der Waals surface area contributed by atoms with Crippen LogP contribution in [0.15, 0.2) is 40.4 Å². The van der Waals surface area contributed by atoms with Gasteiger partial charge in [-0.05, 0) is 50.1 Å². The number of hydrogen-bond acceptors (Lipinski definition) is 4. The van der Waals surface area contributed by atoms with Gasteiger partial charge in [0.25, 0.3) is 0 Å². The summed E-state index contributed by atoms with van der Waals surface area (Å²) in [5.41, 5.74) is 10.5. The molecule has 0 amide bonds. The summed E-state index contributed by atoms with van der Waals surface area (Å²) in [6.45, 7) is 8.04. The lowest BCUT2D eigenvalue weighted by Crippen LogP contribution is -2.22. The Morgan fingerprint density at radius 1 is 1.17 bits per heavy atom. The summed E-state index contributed by atoms with van der Waals surface area (Å²) in [6, 6.07) is 4.03. The standard InChI is InChI=1S/C19H24ClN3O/c1-4-7-13-10-18(19(12-16(13)21)23(5-2)6-3)22-17-9-8-14(24)11-15(17)20/h8-12H,4-7,21H2,1-3H3. The molecule has 2 N–H and O–H groups in total. The number of anilines is 2. The van der Waals surface area contributed by atoms with Crippen LogP contribution in [-0.4, -0.2) is 24.6 Å². The Bertz CT molecular complexity index is 716. The number of nitrogens with zero attached hydrogens (tertiary/aromatic N) is 2. The monoisotopic (exact) mass is 345 g/mol. The fourth-order valence-electron chi connectivity index (χ4n) is 2.74. The molecular formula is C19H24ClN3O. The first-order valence-corrected chi connectivity index (χ1v) is 8.73. The molecule has 0 fully saturated rings. The van der Waals surface area contributed by atoms with Gasteiger partial charge in [-0.1, -0.05) is 24.9 Å². The molecule has 0 saturated heterocycles. The molecule has 0 atom stereocenters. The summed E-state index contributed by atoms with van der Waals surface area (Å²) in [4.78, 5) is 18.3. The van der Waals surface area contributed by atoms with Crippen LogP contribution in [0.3, 0.4) is 0 Å². The molecular weight excluding hydrogens is 322 g/mol. The lowest BCUT2D eigenvalue weighted by molar-refractivity contribution is -0.110. The highest BCUT2D eigenvalue weighted by atomic mass is 35.5. The van der Waals surface area contributed by atoms with Gasteiger partial charge in [-0.2, -0.15) is 0 Å². The molecule has 2 rings (SSSR count). The number of rotatable bonds is 6. The molecule has 0 spiro atoms. The Kier molecular flexibility index (Phi) is 6.21. The van der Waals surface area contributed by atoms with Crippen LogP contribution < -0.4 is 10.6 Å². The first kappa shape index (κ1) is 18.3. The number of allylic oxidation sites excluding steroid dienone is 4. The van der Waals surface area contributed by atoms with Gasteiger partial charge in [0.2, 0.25) is 0 Å². The number of ketones is 1. The number of aliphatic imine (C=N–C) groups is 1. The van der Waals surface area contributed by atoms with Gasteiger partial charge in [-0.25, -0.2) is 4.99 Å². The fourth-order valence-corrected chi connectivity index (χ4v) is 2.95. The number of nitrogens with two attached hydrogens (primary N) is 1. The highest BCUT2D eigenvalue weighted by molar-refractivity contribution is 6.48. The van der Waals surface area contributed by atoms with Gasteiger partial charge in [0.05, 0.1) is 22.1 Å². The molecule has 24 heavy (non-hydrogen) atoms. The van der Waals surface area contributed by atoms with Crippen LogP contribution in [0.2, 0.25) is 0 Å². The fraction of sp³-hybridized carbons (Fsp3) is 0.368. The summed E-state index contributed by atoms with van der Waals surface area (Å²) in [5, 5.41) is 0.363. The molecule has 1 aromatic rings. The third-order valence-electron chi connectivity index (χ3n) is 4.02. The maximum absolute atomic E-state index is 11.4. The van der Waals surface area contributed by atoms with Crippen molar-refractivity contribution in [2.45, 2.75) is 33.6 Å². The van der Waals surface area contributed by atoms with Crippen molar-refractivity contribution >= 4 is 40.2 Å². The van der Waals surface area contributed by atoms with Crippen LogP contribution in [0, 0.1) is 0 Å². The van der Waals surface area contributed by atoms with E-state index in [1.165, 1.54) is 12.2 Å². The second-order valence-electron chi connectivity index (χ2n) is 5.69. The van der Waals surface area contributed by atoms with Crippen molar-refractivity contribution in [1.29, 1.82) is 0 Å². The second-order valence-corrected chi connectivity index (χ2v) is 6.09. The molecule has 0 bridgehead atoms. The van der Waals surface area contributed by atoms with Gasteiger partial charge >= 0.3 is 0 Å². The molecule has 0 saturated carbocycles. The minimum atomic E-state index is -0.119. The maximum Gasteiger partial charge on any atom is 0.180 e. The van der Waals surface area contributed by atoms with Crippen LogP contribution in [0.4, 0.5) is 17.1 Å². The zero-order valence-electron chi connectivity index (χ0n) is 14.5. The van der Waals surface area contributed by atoms with E-state index in [2.05, 4.69) is 25.7 Å². The first-order chi connectivity index (χ1) is 11.5. The Hall–Kier alpha value is -2.07. The maximum atomic E-state index is 11.4. The highest BCUT2D eigenvalue weighted by Gasteiger charge is 2.15. The number of hydrogen-bond donors (Lipinski definition) is 1. The quantitative estimate of drug-likeness (QED) is 0.614. The van der Waals surface area contributed by atoms with Gasteiger partial charge in [0.15, 0.2) is 5.78 Å². The molecule has 1 aromatic carbocycles. The number of halogens is 1. The predicted molar refractivity (Wildman–Crippen MR) is 104 cm³/mol. The van der Waals surface area contributed by atoms with Gasteiger partial charge in [-0.3, -0.25) is 4.79 Å². The van der Waals surface area contributed by atoms with Crippen LogP contribution in [-0.2, 0) is 11.2 Å². The van der Waals surface area contributed by atoms with Crippen LogP contribution in [0.1, 0.15) is 32.8 Å². The van der Waals surface area contributed by atoms with Crippen LogP contribution in [0.25, 0.3) is 0 Å². The summed E-state index contributed by atoms with van der Waals surface area (Å²) < 4.78 is 0. The van der Waals surface area contributed by atoms with E-state index >= 15 is 0 Å². The summed E-state index contributed by atoms with van der Waals surface area (Å²) >= 11 is 6.18. The molecule has 1 aliphatic rings. The first-order valence-electron chi connectivity index (χ1n) is 8.35. The number of aryl methyl sites for hydroxylation is 1. The smallest absolute Gasteiger partial charge is 0.180 e. The van der Waals surface area contributed by atoms with E-state index in [9.17, 15) is 4.79 Å². The molecule has 0 unspecified atom stereocenters. The lowest BCUT2D eigenvalue weighted by atomic mass is 10.0. The molecule has 1 aliphatic carbocycles. The molecule has 0 heterocycles. The molecule has 128 valence electrons. The predicted octanol–water partition coefficient (Wildman–Crippen LogP) is 4.40. The van der Waals surface area contributed by atoms with E-state index in [0.29, 0.717) is 10.7 Å². The largest absolute Gasteiger partial charge is 0.398 e. The topological polar surface area (TPSA) is 58.7 Å². The molecule has 4 nitrogen and oxygen atoms in total. The highest BCUT2D eigenvalue weighted by Crippen LogP contribution is 2.35. The van der Waals surface area contributed by atoms with Crippen molar-refractivity contribution in [3.8, 4) is 0 Å². The number of carbonyl (C=O) groups excluding carboxylic acids is 1. The van der Waals surface area contributed by atoms with Crippen molar-refractivity contribution in [1.82, 2.24) is 0 Å². The van der Waals surface area contributed by atoms with E-state index in [1.807, 2.05) is 12.1 Å². The van der Waals surface area contributed by atoms with Crippen molar-refractivity contribution < 1.29 is 4.79 Å². The van der Waals surface area contributed by atoms with Gasteiger partial charge in [0, 0.05) is 24.9 Å². The summed E-state index contributed by atoms with van der Waals surface area (Å²) in [7, 11) is 0. The Morgan fingerprint density at radius 2 is 1.88 bits per heavy atom. The molecule has 0 aromatic heterocycles. The minimum Gasteiger partial charge on any atom is -0.398 e. The summed E-state index contributed by atoms with van der Waals surface area (Å²) in [6.07, 6.45) is 6.44. The van der Waals surface area contributed by atoms with E-state index in [-0.39, 0.29) is 5.78 Å². The lowest BCUT2D eigenvalue weighted by Gasteiger charge is -2.24. The normalized spacial score (nSPS) is 15.8. The van der Waals surface area contributed by atoms with Crippen molar-refractivity contribution in [3.63, 3.8) is 0 Å². The molecule has 0 radical (unpaired) electrons. The van der Waals surface area contributed by atoms with Crippen molar-refractivity contribution in [2.75, 3.05) is 23.7 Å². The van der Waals surface area contributed by atoms with Gasteiger partial charge in [-0.15, -0.1) is 0 Å². The van der Waals surface area contributed by atoms with Crippen molar-refractivity contribution in [3.05, 3.63) is 41.0 Å². The van der Waals surface area contributed by atoms with Gasteiger partial charge in [0.1, 0.15) is 0 Å². The second kappa shape index (κ2) is 8.15. The zero-order chi connectivity index (χ0) is 17.7.